The Morgan fingerprint density at radius 3 is 2.60 bits per heavy atom. The molecule has 0 saturated carbocycles. The molecule has 0 radical (unpaired) electrons. The molecule has 4 heteroatoms. The van der Waals surface area contributed by atoms with Crippen molar-refractivity contribution in [3.63, 3.8) is 0 Å². The van der Waals surface area contributed by atoms with E-state index in [4.69, 9.17) is 9.68 Å². The Labute approximate surface area is 143 Å². The molecule has 25 heavy (non-hydrogen) atoms. The molecule has 0 amide bonds. The van der Waals surface area contributed by atoms with Crippen molar-refractivity contribution >= 4 is 27.4 Å². The maximum Gasteiger partial charge on any atom is 0.336 e. The molecule has 4 nitrogen and oxygen atoms in total. The molecule has 0 fully saturated rings. The van der Waals surface area contributed by atoms with Crippen molar-refractivity contribution in [2.75, 3.05) is 5.32 Å². The Morgan fingerprint density at radius 1 is 1.00 bits per heavy atom. The van der Waals surface area contributed by atoms with E-state index in [1.165, 1.54) is 6.07 Å². The van der Waals surface area contributed by atoms with Crippen LogP contribution in [0.4, 0.5) is 5.69 Å². The summed E-state index contributed by atoms with van der Waals surface area (Å²) in [6.07, 6.45) is 0. The first-order valence-electron chi connectivity index (χ1n) is 7.93. The van der Waals surface area contributed by atoms with Crippen molar-refractivity contribution in [1.82, 2.24) is 0 Å². The number of hydrogen-bond acceptors (Lipinski definition) is 4. The number of nitrogens with one attached hydrogen (secondary N) is 1. The molecule has 4 rings (SSSR count). The molecule has 120 valence electrons. The molecular formula is C21H14N2O2. The van der Waals surface area contributed by atoms with Crippen LogP contribution in [0, 0.1) is 11.3 Å². The largest absolute Gasteiger partial charge is 0.423 e. The molecule has 4 aromatic rings. The summed E-state index contributed by atoms with van der Waals surface area (Å²) in [6, 6.07) is 22.7. The molecule has 0 aliphatic heterocycles. The van der Waals surface area contributed by atoms with Crippen LogP contribution in [0.15, 0.2) is 75.9 Å². The number of fused-ring (bicyclic) bond motifs is 3. The Bertz CT molecular complexity index is 1170. The van der Waals surface area contributed by atoms with E-state index in [0.717, 1.165) is 27.4 Å². The van der Waals surface area contributed by atoms with E-state index in [1.54, 1.807) is 12.1 Å². The van der Waals surface area contributed by atoms with Gasteiger partial charge in [0.05, 0.1) is 11.6 Å². The van der Waals surface area contributed by atoms with Gasteiger partial charge in [-0.05, 0) is 46.7 Å². The van der Waals surface area contributed by atoms with Gasteiger partial charge in [0.15, 0.2) is 0 Å². The third-order valence-electron chi connectivity index (χ3n) is 4.21. The van der Waals surface area contributed by atoms with E-state index >= 15 is 0 Å². The fraction of sp³-hybridized carbons (Fsp3) is 0.0476. The Kier molecular flexibility index (Phi) is 3.68. The van der Waals surface area contributed by atoms with Crippen molar-refractivity contribution in [2.45, 2.75) is 6.54 Å². The minimum absolute atomic E-state index is 0.362. The van der Waals surface area contributed by atoms with E-state index in [-0.39, 0.29) is 5.63 Å². The quantitative estimate of drug-likeness (QED) is 0.447. The number of nitrogens with zero attached hydrogens (tertiary/aromatic N) is 1. The van der Waals surface area contributed by atoms with Gasteiger partial charge in [-0.1, -0.05) is 30.3 Å². The van der Waals surface area contributed by atoms with Gasteiger partial charge in [-0.3, -0.25) is 0 Å². The van der Waals surface area contributed by atoms with Gasteiger partial charge in [0.25, 0.3) is 0 Å². The molecule has 1 heterocycles. The monoisotopic (exact) mass is 326 g/mol. The van der Waals surface area contributed by atoms with E-state index in [9.17, 15) is 4.79 Å². The Balaban J connectivity index is 1.78. The van der Waals surface area contributed by atoms with Gasteiger partial charge in [-0.25, -0.2) is 4.79 Å². The number of hydrogen-bond donors (Lipinski definition) is 1. The Morgan fingerprint density at radius 2 is 1.80 bits per heavy atom. The molecule has 0 saturated heterocycles. The molecule has 0 spiro atoms. The summed E-state index contributed by atoms with van der Waals surface area (Å²) in [5.41, 5.74) is 2.61. The minimum Gasteiger partial charge on any atom is -0.423 e. The highest BCUT2D eigenvalue weighted by atomic mass is 16.4. The first-order chi connectivity index (χ1) is 12.2. The second-order valence-corrected chi connectivity index (χ2v) is 5.79. The van der Waals surface area contributed by atoms with E-state index < -0.39 is 0 Å². The molecule has 1 aromatic heterocycles. The number of benzene rings is 3. The summed E-state index contributed by atoms with van der Waals surface area (Å²) in [7, 11) is 0. The first-order valence-corrected chi connectivity index (χ1v) is 7.93. The molecule has 0 unspecified atom stereocenters. The van der Waals surface area contributed by atoms with Crippen LogP contribution in [0.25, 0.3) is 21.7 Å². The van der Waals surface area contributed by atoms with Crippen LogP contribution < -0.4 is 10.9 Å². The SMILES string of the molecule is N#Cc1ccc(NCc2cc(=O)oc3ccc4ccccc4c23)cc1. The van der Waals surface area contributed by atoms with Crippen LogP contribution in [0.5, 0.6) is 0 Å². The van der Waals surface area contributed by atoms with Crippen LogP contribution in [-0.2, 0) is 6.54 Å². The number of rotatable bonds is 3. The van der Waals surface area contributed by atoms with Gasteiger partial charge in [0.2, 0.25) is 0 Å². The molecule has 0 bridgehead atoms. The summed E-state index contributed by atoms with van der Waals surface area (Å²) in [6.45, 7) is 0.488. The fourth-order valence-corrected chi connectivity index (χ4v) is 3.02. The zero-order valence-corrected chi connectivity index (χ0v) is 13.3. The average Bonchev–Trinajstić information content (AvgIpc) is 2.66. The lowest BCUT2D eigenvalue weighted by molar-refractivity contribution is 0.559. The smallest absolute Gasteiger partial charge is 0.336 e. The predicted molar refractivity (Wildman–Crippen MR) is 98.5 cm³/mol. The summed E-state index contributed by atoms with van der Waals surface area (Å²) in [5, 5.41) is 15.3. The summed E-state index contributed by atoms with van der Waals surface area (Å²) < 4.78 is 5.37. The third-order valence-corrected chi connectivity index (χ3v) is 4.21. The highest BCUT2D eigenvalue weighted by molar-refractivity contribution is 6.07. The van der Waals surface area contributed by atoms with Crippen molar-refractivity contribution in [3.8, 4) is 6.07 Å². The molecule has 1 N–H and O–H groups in total. The van der Waals surface area contributed by atoms with Crippen LogP contribution >= 0.6 is 0 Å². The second kappa shape index (κ2) is 6.14. The van der Waals surface area contributed by atoms with Crippen LogP contribution in [0.3, 0.4) is 0 Å². The molecule has 0 atom stereocenters. The van der Waals surface area contributed by atoms with Gasteiger partial charge in [-0.15, -0.1) is 0 Å². The lowest BCUT2D eigenvalue weighted by atomic mass is 10.0. The summed E-state index contributed by atoms with van der Waals surface area (Å²) in [5.74, 6) is 0. The maximum absolute atomic E-state index is 11.9. The van der Waals surface area contributed by atoms with Gasteiger partial charge in [0, 0.05) is 23.7 Å². The normalized spacial score (nSPS) is 10.7. The topological polar surface area (TPSA) is 66.0 Å². The highest BCUT2D eigenvalue weighted by Crippen LogP contribution is 2.27. The second-order valence-electron chi connectivity index (χ2n) is 5.79. The highest BCUT2D eigenvalue weighted by Gasteiger charge is 2.09. The van der Waals surface area contributed by atoms with Crippen molar-refractivity contribution in [1.29, 1.82) is 5.26 Å². The lowest BCUT2D eigenvalue weighted by Gasteiger charge is -2.11. The molecular weight excluding hydrogens is 312 g/mol. The molecule has 3 aromatic carbocycles. The van der Waals surface area contributed by atoms with Crippen LogP contribution in [0.2, 0.25) is 0 Å². The third kappa shape index (κ3) is 2.84. The fourth-order valence-electron chi connectivity index (χ4n) is 3.02. The summed E-state index contributed by atoms with van der Waals surface area (Å²) >= 11 is 0. The van der Waals surface area contributed by atoms with E-state index in [1.807, 2.05) is 48.5 Å². The maximum atomic E-state index is 11.9. The minimum atomic E-state index is -0.362. The van der Waals surface area contributed by atoms with Gasteiger partial charge in [-0.2, -0.15) is 5.26 Å². The van der Waals surface area contributed by atoms with Crippen molar-refractivity contribution in [3.05, 3.63) is 88.3 Å². The van der Waals surface area contributed by atoms with Gasteiger partial charge in [0.1, 0.15) is 5.58 Å². The van der Waals surface area contributed by atoms with Crippen LogP contribution in [-0.4, -0.2) is 0 Å². The Hall–Kier alpha value is -3.58. The first kappa shape index (κ1) is 15.0. The van der Waals surface area contributed by atoms with Gasteiger partial charge < -0.3 is 9.73 Å². The van der Waals surface area contributed by atoms with Crippen molar-refractivity contribution < 1.29 is 4.42 Å². The number of anilines is 1. The summed E-state index contributed by atoms with van der Waals surface area (Å²) in [4.78, 5) is 11.9. The average molecular weight is 326 g/mol. The zero-order valence-electron chi connectivity index (χ0n) is 13.3. The molecule has 0 aliphatic carbocycles. The zero-order chi connectivity index (χ0) is 17.2. The van der Waals surface area contributed by atoms with E-state index in [0.29, 0.717) is 17.7 Å². The van der Waals surface area contributed by atoms with Crippen molar-refractivity contribution in [2.24, 2.45) is 0 Å². The molecule has 0 aliphatic rings. The van der Waals surface area contributed by atoms with Crippen LogP contribution in [0.1, 0.15) is 11.1 Å². The standard InChI is InChI=1S/C21H14N2O2/c22-12-14-5-8-17(9-6-14)23-13-16-11-20(24)25-19-10-7-15-3-1-2-4-18(15)21(16)19/h1-11,23H,13H2. The van der Waals surface area contributed by atoms with E-state index in [2.05, 4.69) is 11.4 Å². The predicted octanol–water partition coefficient (Wildman–Crippen LogP) is 4.43. The number of nitriles is 1. The van der Waals surface area contributed by atoms with Gasteiger partial charge >= 0.3 is 5.63 Å². The lowest BCUT2D eigenvalue weighted by Crippen LogP contribution is -2.06.